The van der Waals surface area contributed by atoms with Gasteiger partial charge in [-0.05, 0) is 31.4 Å². The lowest BCUT2D eigenvalue weighted by atomic mass is 10.2. The highest BCUT2D eigenvalue weighted by Gasteiger charge is 2.07. The predicted molar refractivity (Wildman–Crippen MR) is 81.0 cm³/mol. The van der Waals surface area contributed by atoms with Gasteiger partial charge in [-0.1, -0.05) is 25.5 Å². The summed E-state index contributed by atoms with van der Waals surface area (Å²) >= 11 is 0. The second kappa shape index (κ2) is 10.5. The molecule has 3 atom stereocenters. The highest BCUT2D eigenvalue weighted by molar-refractivity contribution is 5.27. The molecule has 0 aliphatic heterocycles. The van der Waals surface area contributed by atoms with Gasteiger partial charge in [-0.3, -0.25) is 0 Å². The number of ether oxygens (including phenoxy) is 2. The number of benzene rings is 1. The third-order valence-corrected chi connectivity index (χ3v) is 3.19. The predicted octanol–water partition coefficient (Wildman–Crippen LogP) is 1.67. The van der Waals surface area contributed by atoms with Gasteiger partial charge in [0.05, 0.1) is 0 Å². The minimum Gasteiger partial charge on any atom is -0.465 e. The van der Waals surface area contributed by atoms with Crippen LogP contribution in [-0.2, 0) is 4.74 Å². The van der Waals surface area contributed by atoms with E-state index in [-0.39, 0.29) is 0 Å². The Morgan fingerprint density at radius 2 is 1.77 bits per heavy atom. The first-order chi connectivity index (χ1) is 11.1. The topological polar surface area (TPSA) is 99.4 Å². The van der Waals surface area contributed by atoms with Gasteiger partial charge < -0.3 is 29.9 Å². The van der Waals surface area contributed by atoms with E-state index in [1.165, 1.54) is 0 Å². The Kier molecular flexibility index (Phi) is 8.22. The molecule has 0 aromatic heterocycles. The standard InChI is InChI=1S/C16H26O6/c1-2-14(17)21-11-5-3-4-6-15(18)22-13-9-7-12(8-10-13)16(19)20/h7-10,14-20H,2-6,11H2,1H3/i19T. The smallest absolute Gasteiger partial charge is 0.214 e. The van der Waals surface area contributed by atoms with Crippen LogP contribution in [0.5, 0.6) is 5.75 Å². The van der Waals surface area contributed by atoms with Crippen molar-refractivity contribution >= 4 is 0 Å². The van der Waals surface area contributed by atoms with Crippen molar-refractivity contribution in [3.05, 3.63) is 29.8 Å². The second-order valence-electron chi connectivity index (χ2n) is 5.08. The first kappa shape index (κ1) is 17.2. The summed E-state index contributed by atoms with van der Waals surface area (Å²) in [5, 5.41) is 32.4. The average Bonchev–Trinajstić information content (AvgIpc) is 2.57. The van der Waals surface area contributed by atoms with Crippen LogP contribution in [0.4, 0.5) is 0 Å². The number of aliphatic hydroxyl groups is 4. The van der Waals surface area contributed by atoms with Crippen molar-refractivity contribution < 1.29 is 29.9 Å². The van der Waals surface area contributed by atoms with Crippen LogP contribution in [0.3, 0.4) is 0 Å². The third kappa shape index (κ3) is 7.72. The summed E-state index contributed by atoms with van der Waals surface area (Å²) in [7, 11) is 0. The Balaban J connectivity index is 2.17. The maximum atomic E-state index is 9.81. The molecule has 6 heteroatoms. The van der Waals surface area contributed by atoms with Crippen LogP contribution in [0.25, 0.3) is 0 Å². The molecule has 0 saturated carbocycles. The molecule has 0 fully saturated rings. The summed E-state index contributed by atoms with van der Waals surface area (Å²) in [6.07, 6.45) is 0.684. The second-order valence-corrected chi connectivity index (χ2v) is 5.08. The minimum absolute atomic E-state index is 0.441. The van der Waals surface area contributed by atoms with Crippen molar-refractivity contribution in [2.75, 3.05) is 6.61 Å². The van der Waals surface area contributed by atoms with Crippen LogP contribution in [0.2, 0.25) is 0 Å². The molecule has 0 amide bonds. The molecule has 0 aliphatic carbocycles. The van der Waals surface area contributed by atoms with Crippen LogP contribution in [0.1, 0.15) is 50.9 Å². The highest BCUT2D eigenvalue weighted by Crippen LogP contribution is 2.18. The molecule has 22 heavy (non-hydrogen) atoms. The Hall–Kier alpha value is -1.18. The fraction of sp³-hybridized carbons (Fsp3) is 0.625. The number of aliphatic hydroxyl groups excluding tert-OH is 3. The van der Waals surface area contributed by atoms with Gasteiger partial charge in [-0.2, -0.15) is 0 Å². The van der Waals surface area contributed by atoms with E-state index < -0.39 is 18.9 Å². The average molecular weight is 316 g/mol. The van der Waals surface area contributed by atoms with E-state index in [9.17, 15) is 15.3 Å². The molecule has 1 aromatic carbocycles. The summed E-state index contributed by atoms with van der Waals surface area (Å²) in [5.74, 6) is 0.479. The fourth-order valence-corrected chi connectivity index (χ4v) is 1.86. The molecule has 1 rings (SSSR count). The Bertz CT molecular complexity index is 414. The van der Waals surface area contributed by atoms with E-state index in [1.807, 2.05) is 6.92 Å². The van der Waals surface area contributed by atoms with Crippen molar-refractivity contribution in [1.82, 2.24) is 0 Å². The van der Waals surface area contributed by atoms with Gasteiger partial charge in [0, 0.05) is 18.6 Å². The van der Waals surface area contributed by atoms with Crippen LogP contribution in [0.15, 0.2) is 24.3 Å². The fourth-order valence-electron chi connectivity index (χ4n) is 1.86. The number of unbranched alkanes of at least 4 members (excludes halogenated alkanes) is 2. The normalized spacial score (nSPS) is 15.9. The minimum atomic E-state index is -1.29. The first-order valence-corrected chi connectivity index (χ1v) is 7.61. The lowest BCUT2D eigenvalue weighted by Gasteiger charge is -2.14. The summed E-state index contributed by atoms with van der Waals surface area (Å²) < 4.78 is 17.1. The zero-order chi connectivity index (χ0) is 17.1. The molecule has 3 unspecified atom stereocenters. The summed E-state index contributed by atoms with van der Waals surface area (Å²) in [4.78, 5) is 0. The van der Waals surface area contributed by atoms with E-state index in [2.05, 4.69) is 5.11 Å². The van der Waals surface area contributed by atoms with Crippen molar-refractivity contribution in [2.45, 2.75) is 57.9 Å². The molecule has 0 bridgehead atoms. The quantitative estimate of drug-likeness (QED) is 0.346. The Labute approximate surface area is 132 Å². The van der Waals surface area contributed by atoms with Gasteiger partial charge >= 0.3 is 0 Å². The van der Waals surface area contributed by atoms with Crippen LogP contribution in [0, 0.1) is 0 Å². The first-order valence-electron chi connectivity index (χ1n) is 8.02. The van der Waals surface area contributed by atoms with Gasteiger partial charge in [0.2, 0.25) is 1.43 Å². The molecule has 0 radical (unpaired) electrons. The lowest BCUT2D eigenvalue weighted by Crippen LogP contribution is -2.15. The van der Waals surface area contributed by atoms with Crippen LogP contribution < -0.4 is 4.74 Å². The summed E-state index contributed by atoms with van der Waals surface area (Å²) in [6.45, 7) is 2.36. The monoisotopic (exact) mass is 316 g/mol. The van der Waals surface area contributed by atoms with Gasteiger partial charge in [-0.15, -0.1) is 0 Å². The van der Waals surface area contributed by atoms with Crippen molar-refractivity contribution in [1.29, 1.82) is 1.43 Å². The number of rotatable bonds is 12. The van der Waals surface area contributed by atoms with E-state index in [0.717, 1.165) is 19.3 Å². The highest BCUT2D eigenvalue weighted by atomic mass is 16.6. The van der Waals surface area contributed by atoms with Crippen molar-refractivity contribution in [3.63, 3.8) is 0 Å². The Morgan fingerprint density at radius 3 is 2.41 bits per heavy atom. The number of hydrogen-bond donors (Lipinski definition) is 4. The van der Waals surface area contributed by atoms with E-state index in [0.29, 0.717) is 30.8 Å². The lowest BCUT2D eigenvalue weighted by molar-refractivity contribution is -0.101. The van der Waals surface area contributed by atoms with Crippen LogP contribution >= 0.6 is 0 Å². The van der Waals surface area contributed by atoms with Gasteiger partial charge in [0.25, 0.3) is 0 Å². The molecule has 126 valence electrons. The molecule has 4 N–H and O–H groups in total. The van der Waals surface area contributed by atoms with E-state index >= 15 is 0 Å². The number of hydrogen-bond acceptors (Lipinski definition) is 6. The SMILES string of the molecule is [3H]OC(O)c1ccc(OC(O)CCCCCOC(O)CC)cc1. The molecular weight excluding hydrogens is 288 g/mol. The van der Waals surface area contributed by atoms with Gasteiger partial charge in [0.1, 0.15) is 5.75 Å². The molecule has 0 saturated heterocycles. The van der Waals surface area contributed by atoms with Crippen molar-refractivity contribution in [3.8, 4) is 5.75 Å². The van der Waals surface area contributed by atoms with Gasteiger partial charge in [0.15, 0.2) is 18.9 Å². The maximum Gasteiger partial charge on any atom is 0.214 e. The molecular formula is C16H26O6. The van der Waals surface area contributed by atoms with E-state index in [4.69, 9.17) is 10.9 Å². The zero-order valence-corrected chi connectivity index (χ0v) is 12.9. The van der Waals surface area contributed by atoms with Gasteiger partial charge in [-0.25, -0.2) is 0 Å². The van der Waals surface area contributed by atoms with Crippen molar-refractivity contribution in [2.24, 2.45) is 0 Å². The zero-order valence-electron chi connectivity index (χ0n) is 13.9. The maximum absolute atomic E-state index is 9.81. The molecule has 1 aromatic rings. The molecule has 6 nitrogen and oxygen atoms in total. The molecule has 0 aliphatic rings. The van der Waals surface area contributed by atoms with E-state index in [1.54, 1.807) is 24.3 Å². The third-order valence-electron chi connectivity index (χ3n) is 3.19. The Morgan fingerprint density at radius 1 is 1.05 bits per heavy atom. The van der Waals surface area contributed by atoms with Crippen LogP contribution in [-0.4, -0.2) is 41.0 Å². The summed E-state index contributed by atoms with van der Waals surface area (Å²) in [5.41, 5.74) is 0.441. The molecule has 0 heterocycles. The molecule has 0 spiro atoms. The summed E-state index contributed by atoms with van der Waals surface area (Å²) in [6, 6.07) is 6.33. The largest absolute Gasteiger partial charge is 0.465 e.